The molecule has 0 radical (unpaired) electrons. The second-order valence-electron chi connectivity index (χ2n) is 12.1. The van der Waals surface area contributed by atoms with E-state index in [1.54, 1.807) is 0 Å². The van der Waals surface area contributed by atoms with Gasteiger partial charge in [0.1, 0.15) is 11.2 Å². The smallest absolute Gasteiger partial charge is 0.143 e. The summed E-state index contributed by atoms with van der Waals surface area (Å²) in [6, 6.07) is 57.2. The summed E-state index contributed by atoms with van der Waals surface area (Å²) < 4.78 is 8.10. The largest absolute Gasteiger partial charge is 0.455 e. The van der Waals surface area contributed by atoms with Crippen molar-refractivity contribution in [2.75, 3.05) is 0 Å². The predicted molar refractivity (Wildman–Crippen MR) is 198 cm³/mol. The highest BCUT2D eigenvalue weighted by atomic mass is 32.1. The zero-order chi connectivity index (χ0) is 30.2. The molecule has 0 aliphatic carbocycles. The highest BCUT2D eigenvalue weighted by Gasteiger charge is 2.21. The molecule has 0 unspecified atom stereocenters. The predicted octanol–water partition coefficient (Wildman–Crippen LogP) is 13.3. The fourth-order valence-electron chi connectivity index (χ4n) is 7.35. The van der Waals surface area contributed by atoms with Gasteiger partial charge < -0.3 is 4.42 Å². The number of para-hydroxylation sites is 1. The molecule has 2 heteroatoms. The molecule has 0 saturated carbocycles. The van der Waals surface area contributed by atoms with Crippen molar-refractivity contribution in [1.82, 2.24) is 0 Å². The fourth-order valence-corrected chi connectivity index (χ4v) is 8.44. The Kier molecular flexibility index (Phi) is 5.51. The molecular weight excluding hydrogens is 577 g/mol. The molecule has 8 aromatic carbocycles. The third kappa shape index (κ3) is 3.81. The van der Waals surface area contributed by atoms with E-state index in [1.807, 2.05) is 11.3 Å². The molecule has 0 saturated heterocycles. The lowest BCUT2D eigenvalue weighted by atomic mass is 9.85. The SMILES string of the molecule is c1ccc(-c2cc3cc4oc5c(-c6c7ccccc7c(-c7ccc8ccccc8c7)c7ccccc67)cccc5c4cc3s2)cc1. The topological polar surface area (TPSA) is 13.1 Å². The molecule has 0 amide bonds. The van der Waals surface area contributed by atoms with E-state index < -0.39 is 0 Å². The number of hydrogen-bond acceptors (Lipinski definition) is 2. The second-order valence-corrected chi connectivity index (χ2v) is 13.1. The summed E-state index contributed by atoms with van der Waals surface area (Å²) in [5.41, 5.74) is 7.95. The van der Waals surface area contributed by atoms with Crippen LogP contribution in [0.3, 0.4) is 0 Å². The molecular formula is C44H26OS. The maximum atomic E-state index is 6.83. The molecule has 0 bridgehead atoms. The molecule has 2 heterocycles. The first-order valence-electron chi connectivity index (χ1n) is 15.7. The van der Waals surface area contributed by atoms with Crippen LogP contribution in [0, 0.1) is 0 Å². The molecule has 0 spiro atoms. The van der Waals surface area contributed by atoms with Gasteiger partial charge in [-0.1, -0.05) is 133 Å². The molecule has 0 atom stereocenters. The molecule has 1 nitrogen and oxygen atoms in total. The van der Waals surface area contributed by atoms with E-state index >= 15 is 0 Å². The van der Waals surface area contributed by atoms with Crippen molar-refractivity contribution in [3.63, 3.8) is 0 Å². The number of hydrogen-bond donors (Lipinski definition) is 0. The Labute approximate surface area is 269 Å². The number of benzene rings is 8. The van der Waals surface area contributed by atoms with Crippen LogP contribution >= 0.6 is 11.3 Å². The summed E-state index contributed by atoms with van der Waals surface area (Å²) in [5, 5.41) is 11.0. The Hall–Kier alpha value is -5.70. The van der Waals surface area contributed by atoms with Crippen molar-refractivity contribution in [3.05, 3.63) is 158 Å². The van der Waals surface area contributed by atoms with E-state index in [4.69, 9.17) is 4.42 Å². The minimum absolute atomic E-state index is 0.925. The quantitative estimate of drug-likeness (QED) is 0.183. The van der Waals surface area contributed by atoms with Gasteiger partial charge in [-0.3, -0.25) is 0 Å². The van der Waals surface area contributed by atoms with E-state index in [0.29, 0.717) is 0 Å². The molecule has 0 aliphatic rings. The van der Waals surface area contributed by atoms with Crippen LogP contribution in [0.5, 0.6) is 0 Å². The maximum absolute atomic E-state index is 6.83. The zero-order valence-corrected chi connectivity index (χ0v) is 25.6. The van der Waals surface area contributed by atoms with Crippen LogP contribution in [0.1, 0.15) is 0 Å². The summed E-state index contributed by atoms with van der Waals surface area (Å²) in [5.74, 6) is 0. The summed E-state index contributed by atoms with van der Waals surface area (Å²) >= 11 is 1.84. The Bertz CT molecular complexity index is 2740. The second kappa shape index (κ2) is 9.90. The van der Waals surface area contributed by atoms with E-state index in [1.165, 1.54) is 69.5 Å². The lowest BCUT2D eigenvalue weighted by molar-refractivity contribution is 0.670. The van der Waals surface area contributed by atoms with Crippen molar-refractivity contribution in [2.24, 2.45) is 0 Å². The van der Waals surface area contributed by atoms with Gasteiger partial charge in [-0.25, -0.2) is 0 Å². The third-order valence-electron chi connectivity index (χ3n) is 9.43. The van der Waals surface area contributed by atoms with Crippen LogP contribution in [0.2, 0.25) is 0 Å². The molecule has 46 heavy (non-hydrogen) atoms. The van der Waals surface area contributed by atoms with Crippen LogP contribution < -0.4 is 0 Å². The van der Waals surface area contributed by atoms with E-state index in [-0.39, 0.29) is 0 Å². The third-order valence-corrected chi connectivity index (χ3v) is 10.6. The van der Waals surface area contributed by atoms with Crippen LogP contribution in [0.4, 0.5) is 0 Å². The summed E-state index contributed by atoms with van der Waals surface area (Å²) in [6.07, 6.45) is 0. The first-order valence-corrected chi connectivity index (χ1v) is 16.5. The summed E-state index contributed by atoms with van der Waals surface area (Å²) in [6.45, 7) is 0. The number of furan rings is 1. The van der Waals surface area contributed by atoms with Crippen molar-refractivity contribution < 1.29 is 4.42 Å². The van der Waals surface area contributed by atoms with E-state index in [0.717, 1.165) is 27.5 Å². The molecule has 0 fully saturated rings. The van der Waals surface area contributed by atoms with Gasteiger partial charge >= 0.3 is 0 Å². The lowest BCUT2D eigenvalue weighted by Crippen LogP contribution is -1.91. The number of thiophene rings is 1. The van der Waals surface area contributed by atoms with Crippen molar-refractivity contribution in [2.45, 2.75) is 0 Å². The molecule has 214 valence electrons. The first-order chi connectivity index (χ1) is 22.8. The Morgan fingerprint density at radius 2 is 1.04 bits per heavy atom. The van der Waals surface area contributed by atoms with Gasteiger partial charge in [-0.15, -0.1) is 11.3 Å². The van der Waals surface area contributed by atoms with Crippen molar-refractivity contribution >= 4 is 75.7 Å². The Balaban J connectivity index is 1.24. The maximum Gasteiger partial charge on any atom is 0.143 e. The van der Waals surface area contributed by atoms with Crippen LogP contribution in [-0.4, -0.2) is 0 Å². The highest BCUT2D eigenvalue weighted by molar-refractivity contribution is 7.22. The zero-order valence-electron chi connectivity index (χ0n) is 24.8. The molecule has 10 aromatic rings. The normalized spacial score (nSPS) is 11.9. The molecule has 0 aliphatic heterocycles. The monoisotopic (exact) mass is 602 g/mol. The Morgan fingerprint density at radius 3 is 1.80 bits per heavy atom. The highest BCUT2D eigenvalue weighted by Crippen LogP contribution is 2.47. The molecule has 2 aromatic heterocycles. The average molecular weight is 603 g/mol. The van der Waals surface area contributed by atoms with Gasteiger partial charge in [0.05, 0.1) is 0 Å². The van der Waals surface area contributed by atoms with Crippen molar-refractivity contribution in [3.8, 4) is 32.7 Å². The van der Waals surface area contributed by atoms with Gasteiger partial charge in [0.2, 0.25) is 0 Å². The average Bonchev–Trinajstić information content (AvgIpc) is 3.70. The van der Waals surface area contributed by atoms with Crippen LogP contribution in [-0.2, 0) is 0 Å². The van der Waals surface area contributed by atoms with Gasteiger partial charge in [-0.2, -0.15) is 0 Å². The number of rotatable bonds is 3. The van der Waals surface area contributed by atoms with Gasteiger partial charge in [0, 0.05) is 31.5 Å². The van der Waals surface area contributed by atoms with Crippen molar-refractivity contribution in [1.29, 1.82) is 0 Å². The molecule has 10 rings (SSSR count). The Morgan fingerprint density at radius 1 is 0.391 bits per heavy atom. The fraction of sp³-hybridized carbons (Fsp3) is 0. The van der Waals surface area contributed by atoms with Gasteiger partial charge in [0.25, 0.3) is 0 Å². The lowest BCUT2D eigenvalue weighted by Gasteiger charge is -2.18. The number of fused-ring (bicyclic) bond motifs is 7. The van der Waals surface area contributed by atoms with E-state index in [2.05, 4.69) is 158 Å². The van der Waals surface area contributed by atoms with Crippen LogP contribution in [0.15, 0.2) is 162 Å². The standard InChI is InChI=1S/C44H26OS/c1-2-12-28(13-3-1)40-25-31-24-39-38(26-41(31)46-40)36-19-10-20-37(44(36)45-39)43-34-17-8-6-15-32(34)42(33-16-7-9-18-35(33)43)30-22-21-27-11-4-5-14-29(27)23-30/h1-26H. The van der Waals surface area contributed by atoms with Gasteiger partial charge in [-0.05, 0) is 78.7 Å². The summed E-state index contributed by atoms with van der Waals surface area (Å²) in [7, 11) is 0. The minimum atomic E-state index is 0.925. The van der Waals surface area contributed by atoms with E-state index in [9.17, 15) is 0 Å². The van der Waals surface area contributed by atoms with Crippen LogP contribution in [0.25, 0.3) is 97.0 Å². The first kappa shape index (κ1) is 25.6. The van der Waals surface area contributed by atoms with Gasteiger partial charge in [0.15, 0.2) is 0 Å². The minimum Gasteiger partial charge on any atom is -0.455 e. The molecule has 0 N–H and O–H groups in total. The summed E-state index contributed by atoms with van der Waals surface area (Å²) in [4.78, 5) is 1.28.